The highest BCUT2D eigenvalue weighted by Crippen LogP contribution is 2.40. The van der Waals surface area contributed by atoms with Gasteiger partial charge in [-0.1, -0.05) is 54.1 Å². The molecule has 0 saturated heterocycles. The summed E-state index contributed by atoms with van der Waals surface area (Å²) in [4.78, 5) is 15.3. The number of nitrogens with zero attached hydrogens (tertiary/aromatic N) is 1. The minimum Gasteiger partial charge on any atom is -0.344 e. The second-order valence-corrected chi connectivity index (χ2v) is 6.94. The molecule has 0 radical (unpaired) electrons. The number of nitrogens with one attached hydrogen (secondary N) is 1. The molecule has 0 spiro atoms. The highest BCUT2D eigenvalue weighted by molar-refractivity contribution is 6.30. The Kier molecular flexibility index (Phi) is 4.39. The third-order valence-electron chi connectivity index (χ3n) is 4.86. The van der Waals surface area contributed by atoms with Crippen LogP contribution in [-0.4, -0.2) is 13.0 Å². The number of para-hydroxylation sites is 2. The fourth-order valence-corrected chi connectivity index (χ4v) is 3.78. The third kappa shape index (κ3) is 3.06. The molecule has 1 heterocycles. The molecule has 0 bridgehead atoms. The van der Waals surface area contributed by atoms with Crippen molar-refractivity contribution >= 4 is 34.6 Å². The van der Waals surface area contributed by atoms with Crippen LogP contribution >= 0.6 is 11.6 Å². The van der Waals surface area contributed by atoms with E-state index in [-0.39, 0.29) is 11.8 Å². The molecular weight excluding hydrogens is 344 g/mol. The van der Waals surface area contributed by atoms with Gasteiger partial charge in [0.25, 0.3) is 0 Å². The lowest BCUT2D eigenvalue weighted by molar-refractivity contribution is -0.117. The number of amides is 1. The smallest absolute Gasteiger partial charge is 0.232 e. The average molecular weight is 363 g/mol. The number of rotatable bonds is 2. The van der Waals surface area contributed by atoms with Crippen LogP contribution in [-0.2, 0) is 11.2 Å². The number of anilines is 3. The lowest BCUT2D eigenvalue weighted by Gasteiger charge is -2.22. The second kappa shape index (κ2) is 6.85. The van der Waals surface area contributed by atoms with Gasteiger partial charge in [0.2, 0.25) is 5.91 Å². The van der Waals surface area contributed by atoms with Gasteiger partial charge < -0.3 is 10.2 Å². The van der Waals surface area contributed by atoms with Gasteiger partial charge in [0.05, 0.1) is 5.92 Å². The minimum atomic E-state index is -0.267. The summed E-state index contributed by atoms with van der Waals surface area (Å²) in [6, 6.07) is 23.6. The van der Waals surface area contributed by atoms with E-state index in [4.69, 9.17) is 11.6 Å². The first-order valence-corrected chi connectivity index (χ1v) is 8.98. The summed E-state index contributed by atoms with van der Waals surface area (Å²) in [6.07, 6.45) is 0.657. The van der Waals surface area contributed by atoms with Crippen LogP contribution in [0.15, 0.2) is 72.8 Å². The standard InChI is InChI=1S/C22H19ClN2O/c1-25-20-11-4-2-7-15(20)13-19(18-10-3-5-12-21(18)25)22(26)24-17-9-6-8-16(23)14-17/h2-12,14,19H,13H2,1H3,(H,24,26). The van der Waals surface area contributed by atoms with Gasteiger partial charge in [-0.3, -0.25) is 4.79 Å². The SMILES string of the molecule is CN1c2ccccc2CC(C(=O)Nc2cccc(Cl)c2)c2ccccc21. The molecule has 1 atom stereocenters. The van der Waals surface area contributed by atoms with E-state index in [1.54, 1.807) is 12.1 Å². The van der Waals surface area contributed by atoms with Gasteiger partial charge in [0.1, 0.15) is 0 Å². The molecule has 1 amide bonds. The van der Waals surface area contributed by atoms with Crippen molar-refractivity contribution < 1.29 is 4.79 Å². The molecule has 130 valence electrons. The zero-order chi connectivity index (χ0) is 18.1. The van der Waals surface area contributed by atoms with Crippen molar-refractivity contribution in [1.82, 2.24) is 0 Å². The largest absolute Gasteiger partial charge is 0.344 e. The molecule has 1 N–H and O–H groups in total. The average Bonchev–Trinajstić information content (AvgIpc) is 2.77. The predicted octanol–water partition coefficient (Wildman–Crippen LogP) is 5.39. The van der Waals surface area contributed by atoms with Crippen LogP contribution in [0.4, 0.5) is 17.1 Å². The molecule has 0 fully saturated rings. The van der Waals surface area contributed by atoms with Crippen LogP contribution in [0, 0.1) is 0 Å². The molecule has 1 aliphatic heterocycles. The minimum absolute atomic E-state index is 0.0233. The lowest BCUT2D eigenvalue weighted by atomic mass is 9.91. The molecule has 1 aliphatic rings. The Labute approximate surface area is 158 Å². The fourth-order valence-electron chi connectivity index (χ4n) is 3.59. The zero-order valence-corrected chi connectivity index (χ0v) is 15.2. The topological polar surface area (TPSA) is 32.3 Å². The summed E-state index contributed by atoms with van der Waals surface area (Å²) in [5, 5.41) is 3.63. The molecule has 26 heavy (non-hydrogen) atoms. The van der Waals surface area contributed by atoms with Crippen LogP contribution in [0.25, 0.3) is 0 Å². The van der Waals surface area contributed by atoms with E-state index in [2.05, 4.69) is 35.5 Å². The van der Waals surface area contributed by atoms with Crippen LogP contribution in [0.5, 0.6) is 0 Å². The maximum absolute atomic E-state index is 13.1. The monoisotopic (exact) mass is 362 g/mol. The molecule has 3 nitrogen and oxygen atoms in total. The second-order valence-electron chi connectivity index (χ2n) is 6.50. The van der Waals surface area contributed by atoms with E-state index in [1.807, 2.05) is 42.5 Å². The van der Waals surface area contributed by atoms with Crippen LogP contribution in [0.1, 0.15) is 17.0 Å². The summed E-state index contributed by atoms with van der Waals surface area (Å²) in [6.45, 7) is 0. The highest BCUT2D eigenvalue weighted by atomic mass is 35.5. The Morgan fingerprint density at radius 3 is 2.54 bits per heavy atom. The Morgan fingerprint density at radius 2 is 1.73 bits per heavy atom. The Balaban J connectivity index is 1.75. The van der Waals surface area contributed by atoms with Gasteiger partial charge in [0, 0.05) is 29.1 Å². The van der Waals surface area contributed by atoms with Crippen molar-refractivity contribution in [3.63, 3.8) is 0 Å². The normalized spacial score (nSPS) is 15.6. The van der Waals surface area contributed by atoms with E-state index >= 15 is 0 Å². The van der Waals surface area contributed by atoms with Crippen molar-refractivity contribution in [3.8, 4) is 0 Å². The van der Waals surface area contributed by atoms with Gasteiger partial charge in [0.15, 0.2) is 0 Å². The van der Waals surface area contributed by atoms with Crippen molar-refractivity contribution in [1.29, 1.82) is 0 Å². The van der Waals surface area contributed by atoms with E-state index in [1.165, 1.54) is 0 Å². The molecule has 3 aromatic carbocycles. The van der Waals surface area contributed by atoms with Crippen LogP contribution in [0.2, 0.25) is 5.02 Å². The molecule has 0 aromatic heterocycles. The molecule has 4 heteroatoms. The summed E-state index contributed by atoms with van der Waals surface area (Å²) < 4.78 is 0. The molecule has 0 saturated carbocycles. The quantitative estimate of drug-likeness (QED) is 0.663. The molecule has 1 unspecified atom stereocenters. The highest BCUT2D eigenvalue weighted by Gasteiger charge is 2.29. The van der Waals surface area contributed by atoms with Gasteiger partial charge in [-0.2, -0.15) is 0 Å². The molecular formula is C22H19ClN2O. The van der Waals surface area contributed by atoms with E-state index < -0.39 is 0 Å². The Bertz CT molecular complexity index is 970. The molecule has 3 aromatic rings. The Morgan fingerprint density at radius 1 is 1.00 bits per heavy atom. The zero-order valence-electron chi connectivity index (χ0n) is 14.4. The van der Waals surface area contributed by atoms with Gasteiger partial charge in [-0.15, -0.1) is 0 Å². The number of hydrogen-bond acceptors (Lipinski definition) is 2. The van der Waals surface area contributed by atoms with Crippen molar-refractivity contribution in [3.05, 3.63) is 88.9 Å². The van der Waals surface area contributed by atoms with Gasteiger partial charge in [-0.25, -0.2) is 0 Å². The van der Waals surface area contributed by atoms with Gasteiger partial charge in [-0.05, 0) is 47.9 Å². The van der Waals surface area contributed by atoms with Crippen molar-refractivity contribution in [2.24, 2.45) is 0 Å². The maximum atomic E-state index is 13.1. The maximum Gasteiger partial charge on any atom is 0.232 e. The third-order valence-corrected chi connectivity index (χ3v) is 5.09. The first-order valence-electron chi connectivity index (χ1n) is 8.60. The molecule has 0 aliphatic carbocycles. The number of halogens is 1. The van der Waals surface area contributed by atoms with Gasteiger partial charge >= 0.3 is 0 Å². The number of fused-ring (bicyclic) bond motifs is 2. The predicted molar refractivity (Wildman–Crippen MR) is 107 cm³/mol. The van der Waals surface area contributed by atoms with E-state index in [0.717, 1.165) is 22.5 Å². The summed E-state index contributed by atoms with van der Waals surface area (Å²) >= 11 is 6.05. The van der Waals surface area contributed by atoms with E-state index in [0.29, 0.717) is 17.1 Å². The first-order chi connectivity index (χ1) is 12.6. The summed E-state index contributed by atoms with van der Waals surface area (Å²) in [5.41, 5.74) is 5.11. The van der Waals surface area contributed by atoms with Crippen LogP contribution < -0.4 is 10.2 Å². The summed E-state index contributed by atoms with van der Waals surface area (Å²) in [7, 11) is 2.05. The Hall–Kier alpha value is -2.78. The first kappa shape index (κ1) is 16.7. The number of carbonyl (C=O) groups excluding carboxylic acids is 1. The van der Waals surface area contributed by atoms with Crippen molar-refractivity contribution in [2.75, 3.05) is 17.3 Å². The lowest BCUT2D eigenvalue weighted by Crippen LogP contribution is -2.23. The van der Waals surface area contributed by atoms with E-state index in [9.17, 15) is 4.79 Å². The van der Waals surface area contributed by atoms with Crippen LogP contribution in [0.3, 0.4) is 0 Å². The number of carbonyl (C=O) groups is 1. The fraction of sp³-hybridized carbons (Fsp3) is 0.136. The number of benzene rings is 3. The number of hydrogen-bond donors (Lipinski definition) is 1. The molecule has 4 rings (SSSR count). The van der Waals surface area contributed by atoms with Crippen molar-refractivity contribution in [2.45, 2.75) is 12.3 Å². The summed E-state index contributed by atoms with van der Waals surface area (Å²) in [5.74, 6) is -0.291.